The van der Waals surface area contributed by atoms with E-state index in [0.29, 0.717) is 5.75 Å². The molecule has 0 fully saturated rings. The lowest BCUT2D eigenvalue weighted by molar-refractivity contribution is -0.118. The van der Waals surface area contributed by atoms with Gasteiger partial charge in [-0.05, 0) is 60.7 Å². The molecule has 2 aromatic carbocycles. The van der Waals surface area contributed by atoms with Crippen molar-refractivity contribution < 1.29 is 14.3 Å². The summed E-state index contributed by atoms with van der Waals surface area (Å²) in [6, 6.07) is 15.5. The molecule has 3 rings (SSSR count). The number of allylic oxidation sites excluding steroid dienone is 1. The van der Waals surface area contributed by atoms with E-state index in [4.69, 9.17) is 9.47 Å². The average molecular weight is 553 g/mol. The zero-order valence-electron chi connectivity index (χ0n) is 24.1. The Morgan fingerprint density at radius 1 is 0.846 bits per heavy atom. The highest BCUT2D eigenvalue weighted by molar-refractivity contribution is 8.02. The molecule has 0 aromatic heterocycles. The molecule has 0 bridgehead atoms. The minimum Gasteiger partial charge on any atom is -0.494 e. The van der Waals surface area contributed by atoms with Gasteiger partial charge in [-0.15, -0.1) is 11.8 Å². The Balaban J connectivity index is 1.22. The van der Waals surface area contributed by atoms with Crippen molar-refractivity contribution in [3.05, 3.63) is 65.2 Å². The molecular formula is C33H48N2O3S. The molecule has 1 aliphatic rings. The van der Waals surface area contributed by atoms with Crippen molar-refractivity contribution >= 4 is 23.4 Å². The summed E-state index contributed by atoms with van der Waals surface area (Å²) in [5.74, 6) is 2.30. The SMILES string of the molecule is CCCCCCCCCCCCCCOc1ccc(OCC(=O)Nc2cccc(CN3CSC=C3C)c2)cc1. The van der Waals surface area contributed by atoms with Crippen LogP contribution >= 0.6 is 11.8 Å². The number of benzene rings is 2. The fourth-order valence-electron chi connectivity index (χ4n) is 4.67. The lowest BCUT2D eigenvalue weighted by Gasteiger charge is -2.19. The largest absolute Gasteiger partial charge is 0.494 e. The lowest BCUT2D eigenvalue weighted by atomic mass is 10.1. The molecule has 214 valence electrons. The number of carbonyl (C=O) groups excluding carboxylic acids is 1. The van der Waals surface area contributed by atoms with Crippen molar-refractivity contribution in [1.29, 1.82) is 0 Å². The summed E-state index contributed by atoms with van der Waals surface area (Å²) in [6.45, 7) is 5.95. The monoisotopic (exact) mass is 552 g/mol. The molecule has 0 saturated carbocycles. The van der Waals surface area contributed by atoms with Crippen molar-refractivity contribution in [2.45, 2.75) is 97.4 Å². The van der Waals surface area contributed by atoms with Gasteiger partial charge in [0, 0.05) is 17.9 Å². The third-order valence-electron chi connectivity index (χ3n) is 7.03. The van der Waals surface area contributed by atoms with Crippen molar-refractivity contribution in [1.82, 2.24) is 4.90 Å². The standard InChI is InChI=1S/C33H48N2O3S/c1-3-4-5-6-7-8-9-10-11-12-13-14-22-37-31-18-20-32(21-19-31)38-25-33(36)34-30-17-15-16-29(23-30)24-35-27-39-26-28(35)2/h15-21,23,26H,3-14,22,24-25,27H2,1-2H3,(H,34,36). The van der Waals surface area contributed by atoms with Crippen LogP contribution in [0.5, 0.6) is 11.5 Å². The molecule has 1 N–H and O–H groups in total. The molecule has 0 saturated heterocycles. The highest BCUT2D eigenvalue weighted by atomic mass is 32.2. The highest BCUT2D eigenvalue weighted by Crippen LogP contribution is 2.25. The Morgan fingerprint density at radius 2 is 1.46 bits per heavy atom. The molecule has 1 heterocycles. The molecule has 39 heavy (non-hydrogen) atoms. The van der Waals surface area contributed by atoms with Gasteiger partial charge in [0.25, 0.3) is 5.91 Å². The number of unbranched alkanes of at least 4 members (excludes halogenated alkanes) is 11. The Kier molecular flexibility index (Phi) is 14.8. The van der Waals surface area contributed by atoms with Gasteiger partial charge in [-0.2, -0.15) is 0 Å². The molecule has 5 nitrogen and oxygen atoms in total. The summed E-state index contributed by atoms with van der Waals surface area (Å²) in [5, 5.41) is 5.12. The number of amides is 1. The fourth-order valence-corrected chi connectivity index (χ4v) is 5.61. The van der Waals surface area contributed by atoms with Gasteiger partial charge in [0.1, 0.15) is 11.5 Å². The summed E-state index contributed by atoms with van der Waals surface area (Å²) in [4.78, 5) is 14.7. The van der Waals surface area contributed by atoms with Crippen LogP contribution in [0, 0.1) is 0 Å². The van der Waals surface area contributed by atoms with Gasteiger partial charge < -0.3 is 19.7 Å². The van der Waals surface area contributed by atoms with Crippen LogP contribution in [-0.2, 0) is 11.3 Å². The summed E-state index contributed by atoms with van der Waals surface area (Å²) in [5.41, 5.74) is 3.24. The lowest BCUT2D eigenvalue weighted by Crippen LogP contribution is -2.20. The number of rotatable bonds is 20. The van der Waals surface area contributed by atoms with Crippen LogP contribution < -0.4 is 14.8 Å². The first-order valence-electron chi connectivity index (χ1n) is 14.9. The van der Waals surface area contributed by atoms with Gasteiger partial charge in [0.05, 0.1) is 12.5 Å². The van der Waals surface area contributed by atoms with E-state index < -0.39 is 0 Å². The summed E-state index contributed by atoms with van der Waals surface area (Å²) in [7, 11) is 0. The minimum atomic E-state index is -0.174. The fraction of sp³-hybridized carbons (Fsp3) is 0.545. The smallest absolute Gasteiger partial charge is 0.262 e. The third kappa shape index (κ3) is 12.9. The highest BCUT2D eigenvalue weighted by Gasteiger charge is 2.12. The van der Waals surface area contributed by atoms with Crippen LogP contribution in [0.1, 0.15) is 96.5 Å². The maximum absolute atomic E-state index is 12.4. The van der Waals surface area contributed by atoms with Crippen molar-refractivity contribution in [2.24, 2.45) is 0 Å². The number of hydrogen-bond acceptors (Lipinski definition) is 5. The summed E-state index contributed by atoms with van der Waals surface area (Å²) in [6.07, 6.45) is 16.1. The van der Waals surface area contributed by atoms with E-state index in [1.807, 2.05) is 54.2 Å². The number of ether oxygens (including phenoxy) is 2. The summed E-state index contributed by atoms with van der Waals surface area (Å²) >= 11 is 1.81. The van der Waals surface area contributed by atoms with Crippen LogP contribution in [0.4, 0.5) is 5.69 Å². The molecule has 1 amide bonds. The van der Waals surface area contributed by atoms with Gasteiger partial charge >= 0.3 is 0 Å². The van der Waals surface area contributed by atoms with Crippen LogP contribution in [0.25, 0.3) is 0 Å². The van der Waals surface area contributed by atoms with Gasteiger partial charge in [0.15, 0.2) is 6.61 Å². The van der Waals surface area contributed by atoms with E-state index >= 15 is 0 Å². The molecule has 0 aliphatic carbocycles. The zero-order valence-corrected chi connectivity index (χ0v) is 24.9. The first-order chi connectivity index (χ1) is 19.1. The Bertz CT molecular complexity index is 993. The van der Waals surface area contributed by atoms with E-state index in [0.717, 1.165) is 36.9 Å². The second-order valence-electron chi connectivity index (χ2n) is 10.5. The number of carbonyl (C=O) groups is 1. The first-order valence-corrected chi connectivity index (χ1v) is 16.0. The van der Waals surface area contributed by atoms with Crippen molar-refractivity contribution in [2.75, 3.05) is 24.4 Å². The second-order valence-corrected chi connectivity index (χ2v) is 11.3. The van der Waals surface area contributed by atoms with E-state index in [-0.39, 0.29) is 12.5 Å². The van der Waals surface area contributed by atoms with Crippen LogP contribution in [0.3, 0.4) is 0 Å². The van der Waals surface area contributed by atoms with E-state index in [9.17, 15) is 4.79 Å². The number of nitrogens with one attached hydrogen (secondary N) is 1. The molecule has 0 unspecified atom stereocenters. The maximum atomic E-state index is 12.4. The predicted molar refractivity (Wildman–Crippen MR) is 165 cm³/mol. The van der Waals surface area contributed by atoms with Crippen LogP contribution in [-0.4, -0.2) is 29.9 Å². The molecular weight excluding hydrogens is 504 g/mol. The molecule has 0 atom stereocenters. The Morgan fingerprint density at radius 3 is 2.08 bits per heavy atom. The number of hydrogen-bond donors (Lipinski definition) is 1. The number of thioether (sulfide) groups is 1. The number of anilines is 1. The van der Waals surface area contributed by atoms with E-state index in [2.05, 4.69) is 35.5 Å². The molecule has 6 heteroatoms. The predicted octanol–water partition coefficient (Wildman–Crippen LogP) is 9.15. The summed E-state index contributed by atoms with van der Waals surface area (Å²) < 4.78 is 11.6. The van der Waals surface area contributed by atoms with E-state index in [1.54, 1.807) is 0 Å². The van der Waals surface area contributed by atoms with Gasteiger partial charge in [0.2, 0.25) is 0 Å². The number of nitrogens with zero attached hydrogens (tertiary/aromatic N) is 1. The third-order valence-corrected chi connectivity index (χ3v) is 8.00. The van der Waals surface area contributed by atoms with Gasteiger partial charge in [-0.1, -0.05) is 89.7 Å². The van der Waals surface area contributed by atoms with Crippen LogP contribution in [0.2, 0.25) is 0 Å². The normalized spacial score (nSPS) is 12.9. The van der Waals surface area contributed by atoms with Gasteiger partial charge in [-0.25, -0.2) is 0 Å². The Labute approximate surface area is 240 Å². The topological polar surface area (TPSA) is 50.8 Å². The second kappa shape index (κ2) is 18.6. The first kappa shape index (κ1) is 30.9. The van der Waals surface area contributed by atoms with E-state index in [1.165, 1.54) is 81.9 Å². The van der Waals surface area contributed by atoms with Crippen LogP contribution in [0.15, 0.2) is 59.6 Å². The molecule has 2 aromatic rings. The van der Waals surface area contributed by atoms with Gasteiger partial charge in [-0.3, -0.25) is 4.79 Å². The zero-order chi connectivity index (χ0) is 27.5. The van der Waals surface area contributed by atoms with Crippen molar-refractivity contribution in [3.8, 4) is 11.5 Å². The maximum Gasteiger partial charge on any atom is 0.262 e. The molecule has 0 radical (unpaired) electrons. The Hall–Kier alpha value is -2.60. The molecule has 0 spiro atoms. The average Bonchev–Trinajstić information content (AvgIpc) is 3.35. The minimum absolute atomic E-state index is 0.0338. The quantitative estimate of drug-likeness (QED) is 0.166. The molecule has 1 aliphatic heterocycles. The van der Waals surface area contributed by atoms with Crippen molar-refractivity contribution in [3.63, 3.8) is 0 Å².